The Morgan fingerprint density at radius 1 is 1.57 bits per heavy atom. The zero-order valence-corrected chi connectivity index (χ0v) is 7.85. The van der Waals surface area contributed by atoms with Gasteiger partial charge in [-0.15, -0.1) is 0 Å². The van der Waals surface area contributed by atoms with E-state index in [1.807, 2.05) is 0 Å². The number of aliphatic hydroxyl groups excluding tert-OH is 1. The van der Waals surface area contributed by atoms with E-state index in [-0.39, 0.29) is 0 Å². The molecule has 0 aromatic rings. The lowest BCUT2D eigenvalue weighted by atomic mass is 9.69. The first-order valence-corrected chi connectivity index (χ1v) is 4.18. The third-order valence-corrected chi connectivity index (χ3v) is 2.90. The molecular weight excluding hydrogens is 197 g/mol. The van der Waals surface area contributed by atoms with Crippen molar-refractivity contribution in [1.29, 1.82) is 0 Å². The van der Waals surface area contributed by atoms with Crippen molar-refractivity contribution in [2.75, 3.05) is 0 Å². The molecule has 2 atom stereocenters. The number of carbonyl (C=O) groups is 1. The summed E-state index contributed by atoms with van der Waals surface area (Å²) in [7, 11) is 0. The highest BCUT2D eigenvalue weighted by atomic mass is 19.4. The van der Waals surface area contributed by atoms with Gasteiger partial charge in [0, 0.05) is 18.4 Å². The van der Waals surface area contributed by atoms with Crippen molar-refractivity contribution in [2.24, 2.45) is 11.3 Å². The van der Waals surface area contributed by atoms with Gasteiger partial charge in [-0.2, -0.15) is 13.2 Å². The summed E-state index contributed by atoms with van der Waals surface area (Å²) in [5, 5.41) is 9.19. The van der Waals surface area contributed by atoms with Gasteiger partial charge in [0.25, 0.3) is 0 Å². The average Bonchev–Trinajstić information content (AvgIpc) is 1.97. The second kappa shape index (κ2) is 3.00. The fourth-order valence-corrected chi connectivity index (χ4v) is 1.53. The van der Waals surface area contributed by atoms with Crippen LogP contribution in [0.2, 0.25) is 0 Å². The van der Waals surface area contributed by atoms with Crippen LogP contribution in [0.5, 0.6) is 0 Å². The number of ketones is 1. The number of hydrogen-bond donors (Lipinski definition) is 1. The van der Waals surface area contributed by atoms with Crippen molar-refractivity contribution in [3.8, 4) is 0 Å². The van der Waals surface area contributed by atoms with E-state index in [9.17, 15) is 23.1 Å². The summed E-state index contributed by atoms with van der Waals surface area (Å²) >= 11 is 0. The predicted molar refractivity (Wildman–Crippen MR) is 43.7 cm³/mol. The van der Waals surface area contributed by atoms with Crippen LogP contribution in [0.4, 0.5) is 13.2 Å². The maximum absolute atomic E-state index is 12.6. The number of hydrogen-bond acceptors (Lipinski definition) is 2. The van der Waals surface area contributed by atoms with E-state index in [2.05, 4.69) is 0 Å². The Labute approximate surface area is 79.4 Å². The molecule has 5 heteroatoms. The lowest BCUT2D eigenvalue weighted by Crippen LogP contribution is -2.45. The molecule has 0 aromatic heterocycles. The largest absolute Gasteiger partial charge is 0.512 e. The number of carbonyl (C=O) groups excluding carboxylic acids is 1. The average molecular weight is 208 g/mol. The second-order valence-corrected chi connectivity index (χ2v) is 3.85. The van der Waals surface area contributed by atoms with Crippen molar-refractivity contribution < 1.29 is 23.1 Å². The van der Waals surface area contributed by atoms with Crippen LogP contribution in [0.25, 0.3) is 0 Å². The summed E-state index contributed by atoms with van der Waals surface area (Å²) < 4.78 is 37.9. The zero-order chi connectivity index (χ0) is 11.1. The first-order valence-electron chi connectivity index (χ1n) is 4.18. The van der Waals surface area contributed by atoms with Crippen LogP contribution in [0.3, 0.4) is 0 Å². The lowest BCUT2D eigenvalue weighted by Gasteiger charge is -2.38. The van der Waals surface area contributed by atoms with Gasteiger partial charge in [0.15, 0.2) is 5.78 Å². The minimum atomic E-state index is -4.48. The van der Waals surface area contributed by atoms with E-state index in [0.717, 1.165) is 13.0 Å². The molecule has 14 heavy (non-hydrogen) atoms. The highest BCUT2D eigenvalue weighted by molar-refractivity contribution is 5.91. The Hall–Kier alpha value is -1.00. The summed E-state index contributed by atoms with van der Waals surface area (Å²) in [4.78, 5) is 10.9. The van der Waals surface area contributed by atoms with Gasteiger partial charge < -0.3 is 5.11 Å². The molecule has 0 aromatic carbocycles. The molecule has 0 amide bonds. The van der Waals surface area contributed by atoms with E-state index in [1.54, 1.807) is 0 Å². The Morgan fingerprint density at radius 2 is 2.07 bits per heavy atom. The quantitative estimate of drug-likeness (QED) is 0.664. The summed E-state index contributed by atoms with van der Waals surface area (Å²) in [6.07, 6.45) is -4.20. The predicted octanol–water partition coefficient (Wildman–Crippen LogP) is 2.61. The molecular formula is C9H11F3O2. The van der Waals surface area contributed by atoms with Gasteiger partial charge in [-0.05, 0) is 6.92 Å². The van der Waals surface area contributed by atoms with Gasteiger partial charge in [-0.1, -0.05) is 6.92 Å². The normalized spacial score (nSPS) is 34.2. The number of allylic oxidation sites excluding steroid dienone is 2. The molecule has 80 valence electrons. The van der Waals surface area contributed by atoms with Crippen molar-refractivity contribution in [3.63, 3.8) is 0 Å². The molecule has 0 saturated heterocycles. The van der Waals surface area contributed by atoms with Gasteiger partial charge >= 0.3 is 6.18 Å². The van der Waals surface area contributed by atoms with Crippen LogP contribution >= 0.6 is 0 Å². The summed E-state index contributed by atoms with van der Waals surface area (Å²) in [6, 6.07) is 0. The molecule has 0 spiro atoms. The Bertz CT molecular complexity index is 293. The summed E-state index contributed by atoms with van der Waals surface area (Å²) in [6.45, 7) is 2.23. The first-order chi connectivity index (χ1) is 6.18. The number of rotatable bonds is 0. The van der Waals surface area contributed by atoms with E-state index >= 15 is 0 Å². The van der Waals surface area contributed by atoms with Crippen LogP contribution in [0.1, 0.15) is 20.3 Å². The Morgan fingerprint density at radius 3 is 2.50 bits per heavy atom. The van der Waals surface area contributed by atoms with Crippen LogP contribution in [-0.2, 0) is 4.79 Å². The third kappa shape index (κ3) is 1.51. The van der Waals surface area contributed by atoms with Crippen molar-refractivity contribution >= 4 is 5.78 Å². The molecule has 0 radical (unpaired) electrons. The van der Waals surface area contributed by atoms with Crippen LogP contribution < -0.4 is 0 Å². The molecule has 2 nitrogen and oxygen atoms in total. The van der Waals surface area contributed by atoms with E-state index < -0.39 is 35.5 Å². The molecule has 1 rings (SSSR count). The summed E-state index contributed by atoms with van der Waals surface area (Å²) in [5.41, 5.74) is -2.15. The molecule has 0 heterocycles. The second-order valence-electron chi connectivity index (χ2n) is 3.85. The molecule has 0 fully saturated rings. The van der Waals surface area contributed by atoms with E-state index in [0.29, 0.717) is 0 Å². The van der Waals surface area contributed by atoms with E-state index in [4.69, 9.17) is 0 Å². The van der Waals surface area contributed by atoms with Gasteiger partial charge in [-0.3, -0.25) is 4.79 Å². The fourth-order valence-electron chi connectivity index (χ4n) is 1.53. The van der Waals surface area contributed by atoms with Gasteiger partial charge in [0.1, 0.15) is 0 Å². The maximum Gasteiger partial charge on any atom is 0.395 e. The molecule has 1 aliphatic rings. The smallest absolute Gasteiger partial charge is 0.395 e. The topological polar surface area (TPSA) is 37.3 Å². The summed E-state index contributed by atoms with van der Waals surface area (Å²) in [5.74, 6) is -2.23. The molecule has 0 bridgehead atoms. The molecule has 0 saturated carbocycles. The minimum absolute atomic E-state index is 0.485. The molecule has 2 unspecified atom stereocenters. The zero-order valence-electron chi connectivity index (χ0n) is 7.85. The van der Waals surface area contributed by atoms with Crippen molar-refractivity contribution in [3.05, 3.63) is 11.8 Å². The highest BCUT2D eigenvalue weighted by Crippen LogP contribution is 2.50. The van der Waals surface area contributed by atoms with Gasteiger partial charge in [0.2, 0.25) is 0 Å². The van der Waals surface area contributed by atoms with E-state index in [1.165, 1.54) is 6.92 Å². The van der Waals surface area contributed by atoms with Crippen LogP contribution in [0.15, 0.2) is 11.8 Å². The standard InChI is InChI=1S/C9H11F3O2/c1-5-7(14)3-6(13)4-8(5,2)9(10,11)12/h3,5,14H,4H2,1-2H3. The first kappa shape index (κ1) is 11.1. The number of halogens is 3. The van der Waals surface area contributed by atoms with Crippen molar-refractivity contribution in [2.45, 2.75) is 26.4 Å². The van der Waals surface area contributed by atoms with Crippen LogP contribution in [0, 0.1) is 11.3 Å². The highest BCUT2D eigenvalue weighted by Gasteiger charge is 2.57. The minimum Gasteiger partial charge on any atom is -0.512 e. The monoisotopic (exact) mass is 208 g/mol. The maximum atomic E-state index is 12.6. The Kier molecular flexibility index (Phi) is 2.37. The fraction of sp³-hybridized carbons (Fsp3) is 0.667. The van der Waals surface area contributed by atoms with Crippen LogP contribution in [-0.4, -0.2) is 17.1 Å². The molecule has 1 N–H and O–H groups in total. The SMILES string of the molecule is CC1C(O)=CC(=O)CC1(C)C(F)(F)F. The third-order valence-electron chi connectivity index (χ3n) is 2.90. The lowest BCUT2D eigenvalue weighted by molar-refractivity contribution is -0.235. The molecule has 1 aliphatic carbocycles. The van der Waals surface area contributed by atoms with Gasteiger partial charge in [0.05, 0.1) is 11.2 Å². The van der Waals surface area contributed by atoms with Gasteiger partial charge in [-0.25, -0.2) is 0 Å². The van der Waals surface area contributed by atoms with Crippen molar-refractivity contribution in [1.82, 2.24) is 0 Å². The number of alkyl halides is 3. The molecule has 0 aliphatic heterocycles. The number of aliphatic hydroxyl groups is 1. The Balaban J connectivity index is 3.14.